The van der Waals surface area contributed by atoms with Gasteiger partial charge < -0.3 is 9.55 Å². The van der Waals surface area contributed by atoms with E-state index in [1.807, 2.05) is 50.2 Å². The van der Waals surface area contributed by atoms with Crippen LogP contribution in [-0.2, 0) is 11.2 Å². The lowest BCUT2D eigenvalue weighted by Crippen LogP contribution is -2.21. The van der Waals surface area contributed by atoms with E-state index in [0.717, 1.165) is 22.6 Å². The molecule has 0 atom stereocenters. The van der Waals surface area contributed by atoms with E-state index >= 15 is 0 Å². The van der Waals surface area contributed by atoms with Crippen molar-refractivity contribution in [2.45, 2.75) is 20.3 Å². The number of hydrazone groups is 1. The fourth-order valence-electron chi connectivity index (χ4n) is 2.89. The normalized spacial score (nSPS) is 11.0. The van der Waals surface area contributed by atoms with Gasteiger partial charge in [0.05, 0.1) is 12.6 Å². The quantitative estimate of drug-likeness (QED) is 0.360. The lowest BCUT2D eigenvalue weighted by Gasteiger charge is -2.08. The van der Waals surface area contributed by atoms with Crippen LogP contribution in [0.4, 0.5) is 0 Å². The number of carbonyl (C=O) groups excluding carboxylic acids is 1. The first-order valence-corrected chi connectivity index (χ1v) is 8.73. The molecule has 3 rings (SSSR count). The third-order valence-electron chi connectivity index (χ3n) is 4.04. The van der Waals surface area contributed by atoms with Gasteiger partial charge in [0, 0.05) is 34.4 Å². The number of aromatic nitrogens is 3. The number of rotatable bonds is 5. The van der Waals surface area contributed by atoms with Crippen molar-refractivity contribution in [3.8, 4) is 5.69 Å². The summed E-state index contributed by atoms with van der Waals surface area (Å²) >= 11 is 4.89. The first kappa shape index (κ1) is 18.5. The zero-order valence-electron chi connectivity index (χ0n) is 14.9. The van der Waals surface area contributed by atoms with Gasteiger partial charge in [-0.3, -0.25) is 14.6 Å². The van der Waals surface area contributed by atoms with Crippen LogP contribution < -0.4 is 11.0 Å². The molecule has 27 heavy (non-hydrogen) atoms. The molecule has 1 amide bonds. The molecule has 0 saturated carbocycles. The number of hydrogen-bond donors (Lipinski definition) is 3. The van der Waals surface area contributed by atoms with E-state index in [0.29, 0.717) is 5.69 Å². The van der Waals surface area contributed by atoms with Crippen molar-refractivity contribution >= 4 is 24.3 Å². The third-order valence-corrected chi connectivity index (χ3v) is 4.25. The van der Waals surface area contributed by atoms with Crippen molar-refractivity contribution < 1.29 is 4.79 Å². The van der Waals surface area contributed by atoms with E-state index in [2.05, 4.69) is 25.1 Å². The number of para-hydroxylation sites is 1. The summed E-state index contributed by atoms with van der Waals surface area (Å²) in [4.78, 5) is 28.6. The molecule has 0 spiro atoms. The van der Waals surface area contributed by atoms with Crippen molar-refractivity contribution in [1.82, 2.24) is 20.0 Å². The summed E-state index contributed by atoms with van der Waals surface area (Å²) in [6, 6.07) is 13.3. The average Bonchev–Trinajstić information content (AvgIpc) is 2.88. The van der Waals surface area contributed by atoms with Crippen LogP contribution in [0.2, 0.25) is 0 Å². The minimum atomic E-state index is -0.349. The Bertz CT molecular complexity index is 1080. The Morgan fingerprint density at radius 2 is 1.96 bits per heavy atom. The summed E-state index contributed by atoms with van der Waals surface area (Å²) in [6.45, 7) is 4.02. The number of benzene rings is 1. The number of amides is 1. The highest BCUT2D eigenvalue weighted by molar-refractivity contribution is 7.71. The van der Waals surface area contributed by atoms with Crippen LogP contribution in [0.15, 0.2) is 52.4 Å². The molecular formula is C19H19N5O2S. The van der Waals surface area contributed by atoms with Crippen LogP contribution in [0.25, 0.3) is 5.69 Å². The van der Waals surface area contributed by atoms with Crippen molar-refractivity contribution in [2.24, 2.45) is 5.10 Å². The van der Waals surface area contributed by atoms with Gasteiger partial charge >= 0.3 is 0 Å². The molecule has 0 saturated heterocycles. The van der Waals surface area contributed by atoms with Crippen LogP contribution in [0.5, 0.6) is 0 Å². The number of nitrogens with zero attached hydrogens (tertiary/aromatic N) is 2. The molecule has 1 aromatic carbocycles. The van der Waals surface area contributed by atoms with Crippen molar-refractivity contribution in [1.29, 1.82) is 0 Å². The minimum Gasteiger partial charge on any atom is -0.335 e. The van der Waals surface area contributed by atoms with Gasteiger partial charge in [-0.15, -0.1) is 0 Å². The standard InChI is InChI=1S/C19H19N5O2S/c1-12-8-14(13(2)24(12)16-6-4-3-5-7-16)11-20-23-18(26)10-15-9-17(25)22-19(27)21-15/h3-9,11H,10H2,1-2H3,(H,23,26)(H2,21,22,25,27)/b20-11-. The molecule has 3 N–H and O–H groups in total. The predicted molar refractivity (Wildman–Crippen MR) is 107 cm³/mol. The van der Waals surface area contributed by atoms with Crippen LogP contribution in [-0.4, -0.2) is 26.7 Å². The molecule has 8 heteroatoms. The van der Waals surface area contributed by atoms with Crippen LogP contribution >= 0.6 is 12.2 Å². The van der Waals surface area contributed by atoms with E-state index in [4.69, 9.17) is 12.2 Å². The zero-order chi connectivity index (χ0) is 19.4. The van der Waals surface area contributed by atoms with Gasteiger partial charge in [-0.25, -0.2) is 5.43 Å². The van der Waals surface area contributed by atoms with Gasteiger partial charge in [-0.05, 0) is 44.3 Å². The SMILES string of the molecule is Cc1cc(/C=N\NC(=O)Cc2cc(=O)[nH]c(=S)[nH]2)c(C)n1-c1ccccc1. The molecule has 0 bridgehead atoms. The molecule has 0 aliphatic rings. The molecule has 7 nitrogen and oxygen atoms in total. The summed E-state index contributed by atoms with van der Waals surface area (Å²) in [7, 11) is 0. The van der Waals surface area contributed by atoms with Gasteiger partial charge in [0.15, 0.2) is 4.77 Å². The average molecular weight is 381 g/mol. The maximum absolute atomic E-state index is 12.0. The largest absolute Gasteiger partial charge is 0.335 e. The number of nitrogens with one attached hydrogen (secondary N) is 3. The van der Waals surface area contributed by atoms with Gasteiger partial charge in [0.1, 0.15) is 0 Å². The highest BCUT2D eigenvalue weighted by Crippen LogP contribution is 2.19. The molecule has 2 aromatic heterocycles. The number of aromatic amines is 2. The monoisotopic (exact) mass is 381 g/mol. The topological polar surface area (TPSA) is 95.0 Å². The van der Waals surface area contributed by atoms with Crippen molar-refractivity contribution in [2.75, 3.05) is 0 Å². The fourth-order valence-corrected chi connectivity index (χ4v) is 3.13. The van der Waals surface area contributed by atoms with Crippen molar-refractivity contribution in [3.05, 3.63) is 80.2 Å². The molecular weight excluding hydrogens is 362 g/mol. The summed E-state index contributed by atoms with van der Waals surface area (Å²) in [5, 5.41) is 4.03. The first-order valence-electron chi connectivity index (χ1n) is 8.33. The van der Waals surface area contributed by atoms with Gasteiger partial charge in [-0.2, -0.15) is 5.10 Å². The molecule has 3 aromatic rings. The fraction of sp³-hybridized carbons (Fsp3) is 0.158. The molecule has 138 valence electrons. The molecule has 0 aliphatic heterocycles. The third kappa shape index (κ3) is 4.48. The molecule has 0 aliphatic carbocycles. The highest BCUT2D eigenvalue weighted by atomic mass is 32.1. The maximum Gasteiger partial charge on any atom is 0.251 e. The molecule has 2 heterocycles. The number of hydrogen-bond acceptors (Lipinski definition) is 4. The second-order valence-electron chi connectivity index (χ2n) is 6.08. The Hall–Kier alpha value is -3.26. The first-order chi connectivity index (χ1) is 12.9. The van der Waals surface area contributed by atoms with E-state index in [-0.39, 0.29) is 22.7 Å². The van der Waals surface area contributed by atoms with Crippen LogP contribution in [0.1, 0.15) is 22.6 Å². The lowest BCUT2D eigenvalue weighted by atomic mass is 10.2. The van der Waals surface area contributed by atoms with Gasteiger partial charge in [-0.1, -0.05) is 18.2 Å². The zero-order valence-corrected chi connectivity index (χ0v) is 15.8. The molecule has 0 unspecified atom stereocenters. The summed E-state index contributed by atoms with van der Waals surface area (Å²) < 4.78 is 2.31. The van der Waals surface area contributed by atoms with Gasteiger partial charge in [0.2, 0.25) is 5.91 Å². The van der Waals surface area contributed by atoms with Crippen molar-refractivity contribution in [3.63, 3.8) is 0 Å². The minimum absolute atomic E-state index is 0.0199. The Balaban J connectivity index is 1.70. The predicted octanol–water partition coefficient (Wildman–Crippen LogP) is 2.53. The van der Waals surface area contributed by atoms with E-state index in [1.54, 1.807) is 6.21 Å². The van der Waals surface area contributed by atoms with E-state index < -0.39 is 0 Å². The second kappa shape index (κ2) is 7.96. The van der Waals surface area contributed by atoms with E-state index in [9.17, 15) is 9.59 Å². The molecule has 0 radical (unpaired) electrons. The van der Waals surface area contributed by atoms with E-state index in [1.165, 1.54) is 6.07 Å². The summed E-state index contributed by atoms with van der Waals surface area (Å²) in [5.74, 6) is -0.348. The van der Waals surface area contributed by atoms with Gasteiger partial charge in [0.25, 0.3) is 5.56 Å². The second-order valence-corrected chi connectivity index (χ2v) is 6.49. The maximum atomic E-state index is 12.0. The Morgan fingerprint density at radius 3 is 2.67 bits per heavy atom. The Morgan fingerprint density at radius 1 is 1.22 bits per heavy atom. The number of aryl methyl sites for hydroxylation is 1. The summed E-state index contributed by atoms with van der Waals surface area (Å²) in [5.41, 5.74) is 6.62. The molecule has 0 fully saturated rings. The number of H-pyrrole nitrogens is 2. The lowest BCUT2D eigenvalue weighted by molar-refractivity contribution is -0.120. The number of carbonyl (C=O) groups is 1. The highest BCUT2D eigenvalue weighted by Gasteiger charge is 2.09. The summed E-state index contributed by atoms with van der Waals surface area (Å²) in [6.07, 6.45) is 1.59. The Kier molecular flexibility index (Phi) is 5.46. The van der Waals surface area contributed by atoms with Crippen LogP contribution in [0, 0.1) is 18.6 Å². The smallest absolute Gasteiger partial charge is 0.251 e. The Labute approximate surface area is 160 Å². The van der Waals surface area contributed by atoms with Crippen LogP contribution in [0.3, 0.4) is 0 Å².